The van der Waals surface area contributed by atoms with Crippen LogP contribution in [0.5, 0.6) is 17.6 Å². The number of aromatic amines is 1. The molecular weight excluding hydrogens is 1340 g/mol. The van der Waals surface area contributed by atoms with Crippen molar-refractivity contribution in [3.8, 4) is 40.8 Å². The molecule has 504 valence electrons. The number of nitrogens with zero attached hydrogens (tertiary/aromatic N) is 7. The van der Waals surface area contributed by atoms with Crippen molar-refractivity contribution in [3.63, 3.8) is 0 Å². The van der Waals surface area contributed by atoms with Gasteiger partial charge in [0.15, 0.2) is 76.0 Å². The molecule has 30 heteroatoms. The second kappa shape index (κ2) is 26.8. The molecular formula is C65H72BrF3N8O16Si2. The zero-order valence-electron chi connectivity index (χ0n) is 52.8. The summed E-state index contributed by atoms with van der Waals surface area (Å²) in [5, 5.41) is 29.9. The van der Waals surface area contributed by atoms with Crippen LogP contribution in [0.3, 0.4) is 0 Å². The number of fused-ring (bicyclic) bond motifs is 8. The fourth-order valence-electron chi connectivity index (χ4n) is 12.2. The predicted molar refractivity (Wildman–Crippen MR) is 347 cm³/mol. The Hall–Kier alpha value is -6.89. The lowest BCUT2D eigenvalue weighted by atomic mass is 10.1. The third kappa shape index (κ3) is 13.9. The predicted octanol–water partition coefficient (Wildman–Crippen LogP) is 9.77. The number of H-pyrrole nitrogens is 1. The number of oxazole rings is 2. The van der Waals surface area contributed by atoms with E-state index in [0.29, 0.717) is 99.4 Å². The third-order valence-corrected chi connectivity index (χ3v) is 21.3. The molecule has 0 radical (unpaired) electrons. The van der Waals surface area contributed by atoms with E-state index < -0.39 is 64.1 Å². The van der Waals surface area contributed by atoms with Crippen molar-refractivity contribution in [2.24, 2.45) is 0 Å². The number of rotatable bonds is 18. The Morgan fingerprint density at radius 2 is 0.916 bits per heavy atom. The van der Waals surface area contributed by atoms with E-state index in [1.54, 1.807) is 51.6 Å². The summed E-state index contributed by atoms with van der Waals surface area (Å²) in [6.07, 6.45) is -5.36. The maximum absolute atomic E-state index is 15.4. The monoisotopic (exact) mass is 1410 g/mol. The highest BCUT2D eigenvalue weighted by Crippen LogP contribution is 2.38. The van der Waals surface area contributed by atoms with Crippen molar-refractivity contribution in [3.05, 3.63) is 107 Å². The van der Waals surface area contributed by atoms with Gasteiger partial charge in [0, 0.05) is 65.8 Å². The van der Waals surface area contributed by atoms with Crippen molar-refractivity contribution in [2.75, 3.05) is 52.9 Å². The number of pyridine rings is 3. The Morgan fingerprint density at radius 3 is 1.39 bits per heavy atom. The van der Waals surface area contributed by atoms with Gasteiger partial charge in [-0.25, -0.2) is 38.1 Å². The number of hydrogen-bond acceptors (Lipinski definition) is 21. The van der Waals surface area contributed by atoms with Crippen molar-refractivity contribution in [1.82, 2.24) is 39.0 Å². The number of aliphatic hydroxyl groups excluding tert-OH is 3. The Kier molecular flexibility index (Phi) is 18.5. The minimum absolute atomic E-state index is 0.0264. The summed E-state index contributed by atoms with van der Waals surface area (Å²) >= 11 is 3.14. The number of para-hydroxylation sites is 4. The number of halogens is 4. The number of aromatic nitrogens is 8. The second-order valence-electron chi connectivity index (χ2n) is 26.7. The van der Waals surface area contributed by atoms with E-state index in [9.17, 15) is 24.1 Å². The number of nitrogens with one attached hydrogen (secondary N) is 1. The molecule has 6 aliphatic rings. The Balaban J connectivity index is 0.000000124. The minimum Gasteiger partial charge on any atom is -0.470 e. The van der Waals surface area contributed by atoms with Gasteiger partial charge < -0.3 is 81.2 Å². The largest absolute Gasteiger partial charge is 0.470 e. The van der Waals surface area contributed by atoms with Gasteiger partial charge in [0.2, 0.25) is 11.8 Å². The molecule has 4 N–H and O–H groups in total. The Labute approximate surface area is 551 Å². The molecule has 6 aliphatic heterocycles. The average Bonchev–Trinajstić information content (AvgIpc) is 1.63. The first kappa shape index (κ1) is 65.4. The number of hydrogen-bond donors (Lipinski definition) is 4. The van der Waals surface area contributed by atoms with Gasteiger partial charge in [-0.05, 0) is 52.3 Å². The van der Waals surface area contributed by atoms with Crippen molar-refractivity contribution >= 4 is 87.4 Å². The highest BCUT2D eigenvalue weighted by Gasteiger charge is 2.51. The maximum Gasteiger partial charge on any atom is 0.249 e. The van der Waals surface area contributed by atoms with Crippen LogP contribution in [0.1, 0.15) is 0 Å². The summed E-state index contributed by atoms with van der Waals surface area (Å²) in [7, 11) is -2.49. The fraction of sp³-hybridized carbons (Fsp3) is 0.462. The molecule has 14 heterocycles. The first-order chi connectivity index (χ1) is 45.6. The molecule has 0 saturated carbocycles. The van der Waals surface area contributed by atoms with Crippen LogP contribution in [0.2, 0.25) is 51.4 Å². The lowest BCUT2D eigenvalue weighted by Crippen LogP contribution is -2.35. The second-order valence-corrected chi connectivity index (χ2v) is 38.7. The van der Waals surface area contributed by atoms with Crippen LogP contribution in [0, 0.1) is 17.5 Å². The Morgan fingerprint density at radius 1 is 0.495 bits per heavy atom. The van der Waals surface area contributed by atoms with Gasteiger partial charge in [0.1, 0.15) is 84.0 Å². The van der Waals surface area contributed by atoms with Gasteiger partial charge in [-0.15, -0.1) is 0 Å². The standard InChI is InChI=1S/C26H30FN3O6Si.C20H16FN3O5.C19H26BrFN2O5Si/c1-37(2,3)9-8-32-14-30-18-10-15(27)23(26-29-16-6-4-5-7-20(16)36-26)28-17(18)11-22(30)35-21-13-34-24-19(31)12-33-25(21)24;21-9-5-11-12(23-17(9)20-24-10-3-1-2-4-14(10)29-20)6-16(22-11)28-15-8-27-18-13(25)7-26-19(15)18;1-29(2,3)5-4-25-10-23-13-6-11(21)19(20)22-12(13)7-16(23)28-15-9-27-17-14(24)8-26-18(15)17/h4-7,10-11,19,21,24-25,31H,8-9,12-14H2,1-3H3;1-6,13,15,18-19,22,25H,7-8H2;6-7,14-15,17-18,24H,4-5,8-10H2,1-3H3/t19-,21-,24-,25-;13-,15-,18-,19-;14-,15-,17-,18-/m111/s1. The first-order valence-corrected chi connectivity index (χ1v) is 39.7. The number of aliphatic hydroxyl groups is 3. The quantitative estimate of drug-likeness (QED) is 0.0353. The van der Waals surface area contributed by atoms with Crippen molar-refractivity contribution in [2.45, 2.75) is 138 Å². The summed E-state index contributed by atoms with van der Waals surface area (Å²) in [4.78, 5) is 24.9. The van der Waals surface area contributed by atoms with Gasteiger partial charge in [-0.1, -0.05) is 63.5 Å². The van der Waals surface area contributed by atoms with E-state index in [2.05, 4.69) is 85.1 Å². The van der Waals surface area contributed by atoms with E-state index in [4.69, 9.17) is 60.9 Å². The molecule has 6 fully saturated rings. The molecule has 2 aromatic carbocycles. The normalized spacial score (nSPS) is 25.6. The molecule has 24 nitrogen and oxygen atoms in total. The molecule has 95 heavy (non-hydrogen) atoms. The summed E-state index contributed by atoms with van der Waals surface area (Å²) in [5.74, 6) is 0.0683. The average molecular weight is 1410 g/mol. The molecule has 6 saturated heterocycles. The molecule has 12 atom stereocenters. The van der Waals surface area contributed by atoms with E-state index in [1.807, 2.05) is 24.3 Å². The number of benzene rings is 2. The van der Waals surface area contributed by atoms with Crippen LogP contribution < -0.4 is 14.2 Å². The first-order valence-electron chi connectivity index (χ1n) is 31.5. The summed E-state index contributed by atoms with van der Waals surface area (Å²) in [5.41, 5.74) is 5.70. The van der Waals surface area contributed by atoms with Gasteiger partial charge in [-0.3, -0.25) is 9.13 Å². The van der Waals surface area contributed by atoms with Gasteiger partial charge in [-0.2, -0.15) is 0 Å². The lowest BCUT2D eigenvalue weighted by molar-refractivity contribution is 0.00475. The molecule has 0 bridgehead atoms. The van der Waals surface area contributed by atoms with Gasteiger partial charge in [0.05, 0.1) is 72.7 Å². The van der Waals surface area contributed by atoms with Crippen LogP contribution in [-0.2, 0) is 51.4 Å². The van der Waals surface area contributed by atoms with Gasteiger partial charge in [0.25, 0.3) is 0 Å². The van der Waals surface area contributed by atoms with Crippen LogP contribution >= 0.6 is 15.9 Å². The van der Waals surface area contributed by atoms with Crippen molar-refractivity contribution < 1.29 is 89.4 Å². The maximum atomic E-state index is 15.4. The third-order valence-electron chi connectivity index (χ3n) is 17.3. The van der Waals surface area contributed by atoms with Crippen LogP contribution in [0.4, 0.5) is 13.2 Å². The van der Waals surface area contributed by atoms with Crippen LogP contribution in [0.25, 0.3) is 78.5 Å². The smallest absolute Gasteiger partial charge is 0.249 e. The lowest BCUT2D eigenvalue weighted by Gasteiger charge is -2.20. The topological polar surface area (TPSA) is 279 Å². The van der Waals surface area contributed by atoms with E-state index in [-0.39, 0.29) is 110 Å². The van der Waals surface area contributed by atoms with E-state index >= 15 is 4.39 Å². The summed E-state index contributed by atoms with van der Waals surface area (Å²) in [6.45, 7) is 16.9. The Bertz CT molecular complexity index is 4340. The summed E-state index contributed by atoms with van der Waals surface area (Å²) < 4.78 is 123. The number of ether oxygens (including phenoxy) is 11. The SMILES string of the molecule is C[Si](C)(C)CCOCn1c(O[C@@H]2CO[C@H]3[C@@H]2OC[C@H]3O)cc2nc(-c3nc4ccccc4o3)c(F)cc21.C[Si](C)(C)CCOCn1c(O[C@@H]2CO[C@H]3[C@@H]2OC[C@H]3O)cc2nc(Br)c(F)cc21.O[C@@H]1CO[C@H]2[C@@H]1OC[C@H]2Oc1cc2nc(-c3nc4ccccc4o3)c(F)cc2[nH]1. The molecule has 0 aliphatic carbocycles. The molecule has 0 amide bonds. The molecule has 0 spiro atoms. The molecule has 0 unspecified atom stereocenters. The minimum atomic E-state index is -1.28. The van der Waals surface area contributed by atoms with E-state index in [1.165, 1.54) is 18.2 Å². The van der Waals surface area contributed by atoms with Crippen LogP contribution in [0.15, 0.2) is 98.4 Å². The molecule has 10 aromatic rings. The van der Waals surface area contributed by atoms with Crippen molar-refractivity contribution in [1.29, 1.82) is 0 Å². The highest BCUT2D eigenvalue weighted by molar-refractivity contribution is 9.10. The van der Waals surface area contributed by atoms with E-state index in [0.717, 1.165) is 12.1 Å². The van der Waals surface area contributed by atoms with Gasteiger partial charge >= 0.3 is 0 Å². The summed E-state index contributed by atoms with van der Waals surface area (Å²) in [6, 6.07) is 25.9. The zero-order valence-corrected chi connectivity index (χ0v) is 56.4. The fourth-order valence-corrected chi connectivity index (χ4v) is 14.0. The highest BCUT2D eigenvalue weighted by atomic mass is 79.9. The zero-order chi connectivity index (χ0) is 66.0. The molecule has 16 rings (SSSR count). The molecule has 8 aromatic heterocycles. The van der Waals surface area contributed by atoms with Crippen LogP contribution in [-0.4, -0.2) is 197 Å².